The van der Waals surface area contributed by atoms with Crippen LogP contribution in [0.15, 0.2) is 60.7 Å². The van der Waals surface area contributed by atoms with Crippen molar-refractivity contribution in [2.45, 2.75) is 44.9 Å². The van der Waals surface area contributed by atoms with Gasteiger partial charge in [0.2, 0.25) is 11.8 Å². The summed E-state index contributed by atoms with van der Waals surface area (Å²) in [4.78, 5) is 30.3. The fourth-order valence-corrected chi connectivity index (χ4v) is 4.28. The van der Waals surface area contributed by atoms with E-state index in [1.165, 1.54) is 0 Å². The van der Waals surface area contributed by atoms with Crippen LogP contribution >= 0.6 is 0 Å². The minimum atomic E-state index is -0.105. The second kappa shape index (κ2) is 10.2. The third-order valence-electron chi connectivity index (χ3n) is 5.94. The fraction of sp³-hybridized carbons (Fsp3) is 0.440. The molecule has 0 N–H and O–H groups in total. The Labute approximate surface area is 174 Å². The second-order valence-electron chi connectivity index (χ2n) is 7.75. The molecule has 3 rings (SSSR count). The lowest BCUT2D eigenvalue weighted by Gasteiger charge is -2.27. The van der Waals surface area contributed by atoms with E-state index < -0.39 is 0 Å². The molecule has 2 atom stereocenters. The zero-order valence-electron chi connectivity index (χ0n) is 17.6. The predicted octanol–water partition coefficient (Wildman–Crippen LogP) is 4.43. The quantitative estimate of drug-likeness (QED) is 0.729. The van der Waals surface area contributed by atoms with Gasteiger partial charge in [-0.25, -0.2) is 0 Å². The third-order valence-corrected chi connectivity index (χ3v) is 5.94. The molecule has 1 heterocycles. The van der Waals surface area contributed by atoms with Crippen LogP contribution in [0.5, 0.6) is 0 Å². The molecule has 0 unspecified atom stereocenters. The molecule has 1 saturated heterocycles. The van der Waals surface area contributed by atoms with Crippen LogP contribution in [0.1, 0.15) is 56.1 Å². The zero-order valence-corrected chi connectivity index (χ0v) is 17.6. The minimum Gasteiger partial charge on any atom is -0.340 e. The summed E-state index contributed by atoms with van der Waals surface area (Å²) in [7, 11) is 0. The van der Waals surface area contributed by atoms with Gasteiger partial charge in [-0.05, 0) is 30.4 Å². The average molecular weight is 393 g/mol. The number of hydrogen-bond donors (Lipinski definition) is 0. The van der Waals surface area contributed by atoms with Crippen molar-refractivity contribution >= 4 is 11.8 Å². The van der Waals surface area contributed by atoms with E-state index >= 15 is 0 Å². The molecule has 0 radical (unpaired) electrons. The van der Waals surface area contributed by atoms with Crippen molar-refractivity contribution in [1.29, 1.82) is 0 Å². The Bertz CT molecular complexity index is 723. The molecule has 0 aromatic heterocycles. The van der Waals surface area contributed by atoms with Gasteiger partial charge in [-0.1, -0.05) is 74.5 Å². The van der Waals surface area contributed by atoms with Crippen molar-refractivity contribution in [2.75, 3.05) is 26.2 Å². The highest BCUT2D eigenvalue weighted by atomic mass is 16.2. The Morgan fingerprint density at radius 2 is 1.07 bits per heavy atom. The van der Waals surface area contributed by atoms with Gasteiger partial charge in [0, 0.05) is 26.2 Å². The lowest BCUT2D eigenvalue weighted by atomic mass is 9.95. The van der Waals surface area contributed by atoms with E-state index in [-0.39, 0.29) is 23.7 Å². The molecule has 1 aliphatic rings. The van der Waals surface area contributed by atoms with Crippen LogP contribution in [0.4, 0.5) is 0 Å². The number of carbonyl (C=O) groups excluding carboxylic acids is 2. The fourth-order valence-electron chi connectivity index (χ4n) is 4.28. The first-order valence-electron chi connectivity index (χ1n) is 10.8. The third kappa shape index (κ3) is 5.06. The summed E-state index contributed by atoms with van der Waals surface area (Å²) in [5.41, 5.74) is 2.15. The Morgan fingerprint density at radius 3 is 1.41 bits per heavy atom. The molecular formula is C25H32N2O2. The molecule has 4 heteroatoms. The molecule has 1 aliphatic heterocycles. The van der Waals surface area contributed by atoms with E-state index in [0.717, 1.165) is 30.4 Å². The van der Waals surface area contributed by atoms with Crippen LogP contribution in [0, 0.1) is 0 Å². The molecular weight excluding hydrogens is 360 g/mol. The van der Waals surface area contributed by atoms with Gasteiger partial charge in [0.1, 0.15) is 0 Å². The summed E-state index contributed by atoms with van der Waals surface area (Å²) in [6, 6.07) is 20.0. The lowest BCUT2D eigenvalue weighted by Crippen LogP contribution is -2.40. The number of benzene rings is 2. The molecule has 0 saturated carbocycles. The van der Waals surface area contributed by atoms with Crippen molar-refractivity contribution in [1.82, 2.24) is 9.80 Å². The number of rotatable bonds is 6. The Balaban J connectivity index is 1.66. The molecule has 154 valence electrons. The van der Waals surface area contributed by atoms with E-state index in [2.05, 4.69) is 13.8 Å². The van der Waals surface area contributed by atoms with Gasteiger partial charge >= 0.3 is 0 Å². The highest BCUT2D eigenvalue weighted by Gasteiger charge is 2.29. The molecule has 2 aromatic carbocycles. The van der Waals surface area contributed by atoms with E-state index in [1.807, 2.05) is 70.5 Å². The number of carbonyl (C=O) groups is 2. The highest BCUT2D eigenvalue weighted by Crippen LogP contribution is 2.25. The Morgan fingerprint density at radius 1 is 0.690 bits per heavy atom. The molecule has 0 spiro atoms. The van der Waals surface area contributed by atoms with Crippen LogP contribution in [0.2, 0.25) is 0 Å². The van der Waals surface area contributed by atoms with E-state index in [9.17, 15) is 9.59 Å². The van der Waals surface area contributed by atoms with Gasteiger partial charge in [-0.2, -0.15) is 0 Å². The first-order valence-corrected chi connectivity index (χ1v) is 10.8. The maximum Gasteiger partial charge on any atom is 0.230 e. The molecule has 29 heavy (non-hydrogen) atoms. The van der Waals surface area contributed by atoms with Crippen LogP contribution in [0.25, 0.3) is 0 Å². The summed E-state index contributed by atoms with van der Waals surface area (Å²) in [6.07, 6.45) is 2.40. The summed E-state index contributed by atoms with van der Waals surface area (Å²) in [5.74, 6) is 0.156. The van der Waals surface area contributed by atoms with Crippen LogP contribution in [0.3, 0.4) is 0 Å². The lowest BCUT2D eigenvalue weighted by molar-refractivity contribution is -0.135. The smallest absolute Gasteiger partial charge is 0.230 e. The molecule has 1 fully saturated rings. The van der Waals surface area contributed by atoms with Gasteiger partial charge in [0.15, 0.2) is 0 Å². The largest absolute Gasteiger partial charge is 0.340 e. The zero-order chi connectivity index (χ0) is 20.6. The summed E-state index contributed by atoms with van der Waals surface area (Å²) in [5, 5.41) is 0. The van der Waals surface area contributed by atoms with Crippen molar-refractivity contribution in [3.05, 3.63) is 71.8 Å². The summed E-state index contributed by atoms with van der Waals surface area (Å²) >= 11 is 0. The van der Waals surface area contributed by atoms with Crippen molar-refractivity contribution in [3.8, 4) is 0 Å². The Hall–Kier alpha value is -2.62. The maximum absolute atomic E-state index is 13.2. The van der Waals surface area contributed by atoms with Crippen LogP contribution in [-0.2, 0) is 9.59 Å². The Kier molecular flexibility index (Phi) is 7.45. The highest BCUT2D eigenvalue weighted by molar-refractivity contribution is 5.85. The molecule has 2 amide bonds. The molecule has 4 nitrogen and oxygen atoms in total. The summed E-state index contributed by atoms with van der Waals surface area (Å²) in [6.45, 7) is 6.78. The van der Waals surface area contributed by atoms with Gasteiger partial charge in [0.25, 0.3) is 0 Å². The SMILES string of the molecule is CC[C@@H](C(=O)N1CCCN(C(=O)[C@H](CC)c2ccccc2)CC1)c1ccccc1. The normalized spacial score (nSPS) is 16.8. The topological polar surface area (TPSA) is 40.6 Å². The number of amides is 2. The second-order valence-corrected chi connectivity index (χ2v) is 7.75. The van der Waals surface area contributed by atoms with Gasteiger partial charge in [0.05, 0.1) is 11.8 Å². The first-order chi connectivity index (χ1) is 14.2. The van der Waals surface area contributed by atoms with E-state index in [4.69, 9.17) is 0 Å². The van der Waals surface area contributed by atoms with E-state index in [0.29, 0.717) is 26.2 Å². The standard InChI is InChI=1S/C25H32N2O2/c1-3-22(20-12-7-5-8-13-20)24(28)26-16-11-17-27(19-18-26)25(29)23(4-2)21-14-9-6-10-15-21/h5-10,12-15,22-23H,3-4,11,16-19H2,1-2H3/t22-,23-/m1/s1. The molecule has 0 bridgehead atoms. The van der Waals surface area contributed by atoms with Gasteiger partial charge in [-0.3, -0.25) is 9.59 Å². The average Bonchev–Trinajstić information content (AvgIpc) is 3.02. The van der Waals surface area contributed by atoms with Crippen LogP contribution in [-0.4, -0.2) is 47.8 Å². The molecule has 2 aromatic rings. The van der Waals surface area contributed by atoms with Crippen molar-refractivity contribution < 1.29 is 9.59 Å². The van der Waals surface area contributed by atoms with Gasteiger partial charge in [-0.15, -0.1) is 0 Å². The first kappa shape index (κ1) is 21.1. The van der Waals surface area contributed by atoms with Gasteiger partial charge < -0.3 is 9.80 Å². The van der Waals surface area contributed by atoms with Crippen LogP contribution < -0.4 is 0 Å². The number of hydrogen-bond acceptors (Lipinski definition) is 2. The van der Waals surface area contributed by atoms with Crippen molar-refractivity contribution in [3.63, 3.8) is 0 Å². The summed E-state index contributed by atoms with van der Waals surface area (Å²) < 4.78 is 0. The van der Waals surface area contributed by atoms with E-state index in [1.54, 1.807) is 0 Å². The van der Waals surface area contributed by atoms with Crippen molar-refractivity contribution in [2.24, 2.45) is 0 Å². The number of nitrogens with zero attached hydrogens (tertiary/aromatic N) is 2. The predicted molar refractivity (Wildman–Crippen MR) is 117 cm³/mol. The molecule has 0 aliphatic carbocycles. The maximum atomic E-state index is 13.2. The minimum absolute atomic E-state index is 0.105. The monoisotopic (exact) mass is 392 g/mol.